The Morgan fingerprint density at radius 1 is 1.07 bits per heavy atom. The van der Waals surface area contributed by atoms with Crippen molar-refractivity contribution in [2.24, 2.45) is 0 Å². The highest BCUT2D eigenvalue weighted by Gasteiger charge is 2.20. The van der Waals surface area contributed by atoms with E-state index in [-0.39, 0.29) is 5.91 Å². The minimum Gasteiger partial charge on any atom is -0.354 e. The Labute approximate surface area is 178 Å². The number of rotatable bonds is 3. The predicted octanol–water partition coefficient (Wildman–Crippen LogP) is 4.68. The molecule has 0 spiro atoms. The molecule has 0 radical (unpaired) electrons. The molecule has 29 heavy (non-hydrogen) atoms. The number of hydrogen-bond acceptors (Lipinski definition) is 6. The van der Waals surface area contributed by atoms with Crippen molar-refractivity contribution in [3.8, 4) is 11.3 Å². The van der Waals surface area contributed by atoms with Gasteiger partial charge in [0.15, 0.2) is 0 Å². The number of fused-ring (bicyclic) bond motifs is 2. The Balaban J connectivity index is 1.29. The van der Waals surface area contributed by atoms with Crippen LogP contribution in [0, 0.1) is 0 Å². The lowest BCUT2D eigenvalue weighted by molar-refractivity contribution is -0.130. The number of anilines is 2. The van der Waals surface area contributed by atoms with Crippen LogP contribution in [0.15, 0.2) is 57.6 Å². The fourth-order valence-electron chi connectivity index (χ4n) is 3.73. The first kappa shape index (κ1) is 18.7. The van der Waals surface area contributed by atoms with Gasteiger partial charge in [-0.25, -0.2) is 4.98 Å². The van der Waals surface area contributed by atoms with Crippen LogP contribution in [0.3, 0.4) is 0 Å². The lowest BCUT2D eigenvalue weighted by atomic mass is 10.1. The zero-order valence-electron chi connectivity index (χ0n) is 16.2. The summed E-state index contributed by atoms with van der Waals surface area (Å²) in [6.45, 7) is 5.93. The predicted molar refractivity (Wildman–Crippen MR) is 119 cm³/mol. The van der Waals surface area contributed by atoms with Crippen LogP contribution in [0.2, 0.25) is 0 Å². The third-order valence-corrected chi connectivity index (χ3v) is 7.37. The van der Waals surface area contributed by atoms with Crippen LogP contribution < -0.4 is 5.32 Å². The van der Waals surface area contributed by atoms with Gasteiger partial charge in [-0.2, -0.15) is 0 Å². The molecule has 148 valence electrons. The third kappa shape index (κ3) is 3.90. The number of carbonyl (C=O) groups is 1. The molecule has 0 aliphatic carbocycles. The maximum atomic E-state index is 11.5. The normalized spacial score (nSPS) is 16.1. The van der Waals surface area contributed by atoms with Crippen molar-refractivity contribution >= 4 is 40.4 Å². The molecule has 1 amide bonds. The summed E-state index contributed by atoms with van der Waals surface area (Å²) in [5, 5.41) is 6.82. The molecule has 0 atom stereocenters. The fraction of sp³-hybridized carbons (Fsp3) is 0.273. The molecule has 3 aromatic rings. The molecule has 5 rings (SSSR count). The van der Waals surface area contributed by atoms with Crippen molar-refractivity contribution in [1.82, 2.24) is 14.8 Å². The molecular weight excluding hydrogens is 400 g/mol. The van der Waals surface area contributed by atoms with Crippen LogP contribution in [0.1, 0.15) is 11.9 Å². The maximum absolute atomic E-state index is 11.5. The molecule has 5 nitrogen and oxygen atoms in total. The largest absolute Gasteiger partial charge is 0.354 e. The summed E-state index contributed by atoms with van der Waals surface area (Å²) in [7, 11) is 0. The second-order valence-electron chi connectivity index (χ2n) is 7.34. The third-order valence-electron chi connectivity index (χ3n) is 5.38. The van der Waals surface area contributed by atoms with Crippen LogP contribution in [0.5, 0.6) is 0 Å². The molecule has 0 unspecified atom stereocenters. The van der Waals surface area contributed by atoms with Gasteiger partial charge >= 0.3 is 0 Å². The van der Waals surface area contributed by atoms with Crippen LogP contribution >= 0.6 is 23.1 Å². The van der Waals surface area contributed by atoms with E-state index >= 15 is 0 Å². The fourth-order valence-corrected chi connectivity index (χ4v) is 5.54. The van der Waals surface area contributed by atoms with E-state index in [0.717, 1.165) is 60.4 Å². The van der Waals surface area contributed by atoms with E-state index in [4.69, 9.17) is 4.98 Å². The average Bonchev–Trinajstić information content (AvgIpc) is 3.20. The lowest BCUT2D eigenvalue weighted by Crippen LogP contribution is -2.47. The molecule has 1 aromatic heterocycles. The van der Waals surface area contributed by atoms with E-state index in [1.165, 1.54) is 9.79 Å². The van der Waals surface area contributed by atoms with E-state index in [1.807, 2.05) is 4.90 Å². The second kappa shape index (κ2) is 7.82. The number of carbonyl (C=O) groups excluding carboxylic acids is 1. The molecule has 1 N–H and O–H groups in total. The summed E-state index contributed by atoms with van der Waals surface area (Å²) in [4.78, 5) is 23.2. The Hall–Kier alpha value is -2.35. The monoisotopic (exact) mass is 422 g/mol. The van der Waals surface area contributed by atoms with Gasteiger partial charge in [0.2, 0.25) is 5.91 Å². The molecule has 1 saturated heterocycles. The molecule has 0 saturated carbocycles. The highest BCUT2D eigenvalue weighted by Crippen LogP contribution is 2.45. The number of aromatic nitrogens is 1. The number of hydrogen-bond donors (Lipinski definition) is 1. The highest BCUT2D eigenvalue weighted by atomic mass is 32.2. The Kier molecular flexibility index (Phi) is 5.03. The van der Waals surface area contributed by atoms with Crippen LogP contribution in [-0.4, -0.2) is 46.9 Å². The smallest absolute Gasteiger partial charge is 0.219 e. The van der Waals surface area contributed by atoms with Crippen LogP contribution in [0.4, 0.5) is 11.4 Å². The molecule has 7 heteroatoms. The number of piperazine rings is 1. The van der Waals surface area contributed by atoms with Crippen molar-refractivity contribution in [2.75, 3.05) is 31.5 Å². The van der Waals surface area contributed by atoms with Crippen molar-refractivity contribution < 1.29 is 4.79 Å². The summed E-state index contributed by atoms with van der Waals surface area (Å²) in [5.41, 5.74) is 4.47. The van der Waals surface area contributed by atoms with Gasteiger partial charge < -0.3 is 10.2 Å². The van der Waals surface area contributed by atoms with Crippen molar-refractivity contribution in [2.45, 2.75) is 23.3 Å². The molecular formula is C22H22N4OS2. The van der Waals surface area contributed by atoms with E-state index in [0.29, 0.717) is 0 Å². The Morgan fingerprint density at radius 3 is 2.69 bits per heavy atom. The van der Waals surface area contributed by atoms with Crippen LogP contribution in [-0.2, 0) is 11.3 Å². The minimum atomic E-state index is 0.169. The van der Waals surface area contributed by atoms with Gasteiger partial charge in [0.25, 0.3) is 0 Å². The van der Waals surface area contributed by atoms with E-state index in [2.05, 4.69) is 58.1 Å². The summed E-state index contributed by atoms with van der Waals surface area (Å²) in [6.07, 6.45) is 0. The van der Waals surface area contributed by atoms with Gasteiger partial charge in [-0.15, -0.1) is 11.3 Å². The summed E-state index contributed by atoms with van der Waals surface area (Å²) in [5.74, 6) is 0.169. The van der Waals surface area contributed by atoms with Crippen LogP contribution in [0.25, 0.3) is 11.3 Å². The first-order valence-electron chi connectivity index (χ1n) is 9.76. The Bertz CT molecular complexity index is 1060. The van der Waals surface area contributed by atoms with Gasteiger partial charge in [0.1, 0.15) is 5.01 Å². The zero-order valence-corrected chi connectivity index (χ0v) is 17.9. The van der Waals surface area contributed by atoms with Gasteiger partial charge in [-0.05, 0) is 24.3 Å². The number of amides is 1. The Morgan fingerprint density at radius 2 is 1.86 bits per heavy atom. The van der Waals surface area contributed by atoms with Crippen molar-refractivity contribution in [3.63, 3.8) is 0 Å². The van der Waals surface area contributed by atoms with Gasteiger partial charge in [-0.3, -0.25) is 9.69 Å². The summed E-state index contributed by atoms with van der Waals surface area (Å²) >= 11 is 3.51. The highest BCUT2D eigenvalue weighted by molar-refractivity contribution is 7.99. The average molecular weight is 423 g/mol. The quantitative estimate of drug-likeness (QED) is 0.519. The first-order chi connectivity index (χ1) is 14.2. The lowest BCUT2D eigenvalue weighted by Gasteiger charge is -2.33. The standard InChI is InChI=1S/C22H22N4OS2/c1-15(27)26-10-8-25(9-11-26)13-22-24-19(14-28-22)16-6-7-21-18(12-16)23-17-4-2-3-5-20(17)29-21/h2-7,12,14,23H,8-11,13H2,1H3. The topological polar surface area (TPSA) is 48.5 Å². The molecule has 0 bridgehead atoms. The van der Waals surface area contributed by atoms with E-state index in [9.17, 15) is 4.79 Å². The molecule has 2 aliphatic heterocycles. The SMILES string of the molecule is CC(=O)N1CCN(Cc2nc(-c3ccc4c(c3)Nc3ccccc3S4)cs2)CC1. The molecule has 1 fully saturated rings. The molecule has 2 aliphatic rings. The number of thiazole rings is 1. The van der Waals surface area contributed by atoms with Gasteiger partial charge in [0.05, 0.1) is 23.6 Å². The number of benzene rings is 2. The van der Waals surface area contributed by atoms with E-state index in [1.54, 1.807) is 30.0 Å². The minimum absolute atomic E-state index is 0.169. The summed E-state index contributed by atoms with van der Waals surface area (Å²) in [6, 6.07) is 14.9. The second-order valence-corrected chi connectivity index (χ2v) is 9.37. The maximum Gasteiger partial charge on any atom is 0.219 e. The van der Waals surface area contributed by atoms with Gasteiger partial charge in [0, 0.05) is 53.8 Å². The zero-order chi connectivity index (χ0) is 19.8. The number of nitrogens with one attached hydrogen (secondary N) is 1. The number of nitrogens with zero attached hydrogens (tertiary/aromatic N) is 3. The molecule has 3 heterocycles. The molecule has 2 aromatic carbocycles. The first-order valence-corrected chi connectivity index (χ1v) is 11.5. The van der Waals surface area contributed by atoms with Crippen molar-refractivity contribution in [3.05, 3.63) is 52.9 Å². The van der Waals surface area contributed by atoms with Gasteiger partial charge in [-0.1, -0.05) is 30.0 Å². The van der Waals surface area contributed by atoms with Crippen molar-refractivity contribution in [1.29, 1.82) is 0 Å². The number of para-hydroxylation sites is 1. The summed E-state index contributed by atoms with van der Waals surface area (Å²) < 4.78 is 0. The van der Waals surface area contributed by atoms with E-state index < -0.39 is 0 Å².